The van der Waals surface area contributed by atoms with Gasteiger partial charge in [0.1, 0.15) is 11.5 Å². The quantitative estimate of drug-likeness (QED) is 0.721. The Labute approximate surface area is 77.3 Å². The van der Waals surface area contributed by atoms with Crippen LogP contribution in [0.1, 0.15) is 18.0 Å². The van der Waals surface area contributed by atoms with E-state index in [0.717, 1.165) is 24.3 Å². The Morgan fingerprint density at radius 2 is 2.31 bits per heavy atom. The van der Waals surface area contributed by atoms with Gasteiger partial charge < -0.3 is 15.2 Å². The Balaban J connectivity index is 2.33. The van der Waals surface area contributed by atoms with Crippen molar-refractivity contribution in [3.8, 4) is 11.5 Å². The maximum absolute atomic E-state index is 9.32. The first-order chi connectivity index (χ1) is 6.31. The van der Waals surface area contributed by atoms with E-state index in [9.17, 15) is 5.11 Å². The van der Waals surface area contributed by atoms with Crippen molar-refractivity contribution in [2.45, 2.75) is 12.5 Å². The van der Waals surface area contributed by atoms with Gasteiger partial charge in [-0.1, -0.05) is 0 Å². The van der Waals surface area contributed by atoms with Gasteiger partial charge in [-0.05, 0) is 31.2 Å². The van der Waals surface area contributed by atoms with Crippen LogP contribution >= 0.6 is 0 Å². The summed E-state index contributed by atoms with van der Waals surface area (Å²) < 4.78 is 5.21. The fourth-order valence-electron chi connectivity index (χ4n) is 1.55. The van der Waals surface area contributed by atoms with Crippen LogP contribution in [-0.2, 0) is 0 Å². The van der Waals surface area contributed by atoms with Crippen molar-refractivity contribution >= 4 is 0 Å². The summed E-state index contributed by atoms with van der Waals surface area (Å²) in [5, 5.41) is 12.6. The topological polar surface area (TPSA) is 41.5 Å². The van der Waals surface area contributed by atoms with Crippen molar-refractivity contribution in [3.63, 3.8) is 0 Å². The van der Waals surface area contributed by atoms with Crippen molar-refractivity contribution in [1.29, 1.82) is 0 Å². The average Bonchev–Trinajstić information content (AvgIpc) is 2.02. The minimum absolute atomic E-state index is 0.296. The van der Waals surface area contributed by atoms with E-state index in [1.165, 1.54) is 0 Å². The molecule has 1 unspecified atom stereocenters. The molecular formula is C10H13NO2. The van der Waals surface area contributed by atoms with Crippen LogP contribution < -0.4 is 10.1 Å². The molecule has 1 fully saturated rings. The van der Waals surface area contributed by atoms with Gasteiger partial charge in [0.2, 0.25) is 0 Å². The molecule has 2 rings (SSSR count). The molecule has 2 N–H and O–H groups in total. The number of phenolic OH excluding ortho intramolecular Hbond substituents is 1. The first-order valence-electron chi connectivity index (χ1n) is 4.41. The van der Waals surface area contributed by atoms with Gasteiger partial charge in [-0.25, -0.2) is 0 Å². The summed E-state index contributed by atoms with van der Waals surface area (Å²) in [6, 6.07) is 5.54. The zero-order valence-corrected chi connectivity index (χ0v) is 7.58. The van der Waals surface area contributed by atoms with Crippen molar-refractivity contribution in [2.24, 2.45) is 0 Å². The zero-order chi connectivity index (χ0) is 9.26. The predicted molar refractivity (Wildman–Crippen MR) is 50.0 cm³/mol. The summed E-state index contributed by atoms with van der Waals surface area (Å²) in [5.41, 5.74) is 1.05. The molecular weight excluding hydrogens is 166 g/mol. The van der Waals surface area contributed by atoms with Gasteiger partial charge in [0.25, 0.3) is 0 Å². The van der Waals surface area contributed by atoms with Crippen LogP contribution in [0.5, 0.6) is 11.5 Å². The van der Waals surface area contributed by atoms with Crippen LogP contribution in [0.3, 0.4) is 0 Å². The number of hydrogen-bond acceptors (Lipinski definition) is 3. The summed E-state index contributed by atoms with van der Waals surface area (Å²) in [6.07, 6.45) is 1.11. The van der Waals surface area contributed by atoms with Crippen molar-refractivity contribution in [1.82, 2.24) is 5.32 Å². The minimum Gasteiger partial charge on any atom is -0.508 e. The van der Waals surface area contributed by atoms with E-state index in [4.69, 9.17) is 4.74 Å². The molecule has 1 aliphatic rings. The molecule has 0 amide bonds. The second kappa shape index (κ2) is 3.26. The van der Waals surface area contributed by atoms with Gasteiger partial charge in [-0.3, -0.25) is 0 Å². The molecule has 0 radical (unpaired) electrons. The second-order valence-corrected chi connectivity index (χ2v) is 3.22. The van der Waals surface area contributed by atoms with Gasteiger partial charge >= 0.3 is 0 Å². The smallest absolute Gasteiger partial charge is 0.123 e. The molecule has 0 aromatic heterocycles. The molecule has 1 aliphatic heterocycles. The number of ether oxygens (including phenoxy) is 1. The highest BCUT2D eigenvalue weighted by Crippen LogP contribution is 2.33. The number of benzene rings is 1. The van der Waals surface area contributed by atoms with Crippen LogP contribution in [0.4, 0.5) is 0 Å². The third kappa shape index (κ3) is 1.47. The lowest BCUT2D eigenvalue weighted by atomic mass is 9.97. The SMILES string of the molecule is COc1ccc(O)cc1C1CCN1. The van der Waals surface area contributed by atoms with Gasteiger partial charge in [0, 0.05) is 11.6 Å². The lowest BCUT2D eigenvalue weighted by Gasteiger charge is -2.29. The molecule has 1 aromatic rings. The summed E-state index contributed by atoms with van der Waals surface area (Å²) in [7, 11) is 1.65. The number of aromatic hydroxyl groups is 1. The average molecular weight is 179 g/mol. The molecule has 0 bridgehead atoms. The summed E-state index contributed by atoms with van der Waals surface area (Å²) in [4.78, 5) is 0. The molecule has 70 valence electrons. The number of nitrogens with one attached hydrogen (secondary N) is 1. The third-order valence-corrected chi connectivity index (χ3v) is 2.41. The molecule has 3 heteroatoms. The maximum Gasteiger partial charge on any atom is 0.123 e. The second-order valence-electron chi connectivity index (χ2n) is 3.22. The largest absolute Gasteiger partial charge is 0.508 e. The Kier molecular flexibility index (Phi) is 2.10. The van der Waals surface area contributed by atoms with E-state index in [2.05, 4.69) is 5.32 Å². The van der Waals surface area contributed by atoms with E-state index >= 15 is 0 Å². The third-order valence-electron chi connectivity index (χ3n) is 2.41. The highest BCUT2D eigenvalue weighted by Gasteiger charge is 2.22. The first kappa shape index (κ1) is 8.38. The molecule has 3 nitrogen and oxygen atoms in total. The van der Waals surface area contributed by atoms with Crippen LogP contribution in [0.2, 0.25) is 0 Å². The molecule has 1 saturated heterocycles. The molecule has 1 heterocycles. The fraction of sp³-hybridized carbons (Fsp3) is 0.400. The van der Waals surface area contributed by atoms with Crippen molar-refractivity contribution < 1.29 is 9.84 Å². The lowest BCUT2D eigenvalue weighted by molar-refractivity contribution is 0.351. The van der Waals surface area contributed by atoms with Crippen LogP contribution in [0, 0.1) is 0 Å². The molecule has 0 aliphatic carbocycles. The Bertz CT molecular complexity index is 308. The summed E-state index contributed by atoms with van der Waals surface area (Å²) in [5.74, 6) is 1.14. The van der Waals surface area contributed by atoms with E-state index in [-0.39, 0.29) is 0 Å². The zero-order valence-electron chi connectivity index (χ0n) is 7.58. The number of hydrogen-bond donors (Lipinski definition) is 2. The van der Waals surface area contributed by atoms with E-state index in [1.807, 2.05) is 0 Å². The van der Waals surface area contributed by atoms with Gasteiger partial charge in [-0.15, -0.1) is 0 Å². The lowest BCUT2D eigenvalue weighted by Crippen LogP contribution is -2.35. The van der Waals surface area contributed by atoms with Crippen LogP contribution in [0.25, 0.3) is 0 Å². The van der Waals surface area contributed by atoms with Crippen LogP contribution in [-0.4, -0.2) is 18.8 Å². The number of rotatable bonds is 2. The molecule has 1 aromatic carbocycles. The fourth-order valence-corrected chi connectivity index (χ4v) is 1.55. The van der Waals surface area contributed by atoms with E-state index in [1.54, 1.807) is 25.3 Å². The monoisotopic (exact) mass is 179 g/mol. The maximum atomic E-state index is 9.32. The minimum atomic E-state index is 0.296. The van der Waals surface area contributed by atoms with Crippen molar-refractivity contribution in [2.75, 3.05) is 13.7 Å². The molecule has 0 saturated carbocycles. The Hall–Kier alpha value is -1.22. The van der Waals surface area contributed by atoms with Gasteiger partial charge in [-0.2, -0.15) is 0 Å². The summed E-state index contributed by atoms with van der Waals surface area (Å²) >= 11 is 0. The van der Waals surface area contributed by atoms with Gasteiger partial charge in [0.15, 0.2) is 0 Å². The Morgan fingerprint density at radius 3 is 2.85 bits per heavy atom. The normalized spacial score (nSPS) is 20.8. The van der Waals surface area contributed by atoms with E-state index in [0.29, 0.717) is 11.8 Å². The highest BCUT2D eigenvalue weighted by molar-refractivity contribution is 5.42. The highest BCUT2D eigenvalue weighted by atomic mass is 16.5. The number of phenols is 1. The van der Waals surface area contributed by atoms with E-state index < -0.39 is 0 Å². The molecule has 13 heavy (non-hydrogen) atoms. The summed E-state index contributed by atoms with van der Waals surface area (Å²) in [6.45, 7) is 1.05. The standard InChI is InChI=1S/C10H13NO2/c1-13-10-3-2-7(12)6-8(10)9-4-5-11-9/h2-3,6,9,11-12H,4-5H2,1H3. The first-order valence-corrected chi connectivity index (χ1v) is 4.41. The Morgan fingerprint density at radius 1 is 1.54 bits per heavy atom. The van der Waals surface area contributed by atoms with Crippen molar-refractivity contribution in [3.05, 3.63) is 23.8 Å². The molecule has 0 spiro atoms. The molecule has 1 atom stereocenters. The van der Waals surface area contributed by atoms with Gasteiger partial charge in [0.05, 0.1) is 7.11 Å². The number of methoxy groups -OCH3 is 1. The predicted octanol–water partition coefficient (Wildman–Crippen LogP) is 1.44. The van der Waals surface area contributed by atoms with Crippen LogP contribution in [0.15, 0.2) is 18.2 Å².